The van der Waals surface area contributed by atoms with E-state index < -0.39 is 6.10 Å². The van der Waals surface area contributed by atoms with Crippen molar-refractivity contribution in [2.75, 3.05) is 6.61 Å². The van der Waals surface area contributed by atoms with Gasteiger partial charge in [-0.2, -0.15) is 0 Å². The van der Waals surface area contributed by atoms with Crippen LogP contribution in [0.3, 0.4) is 0 Å². The zero-order valence-corrected chi connectivity index (χ0v) is 16.0. The molecule has 4 nitrogen and oxygen atoms in total. The van der Waals surface area contributed by atoms with Gasteiger partial charge in [0, 0.05) is 18.8 Å². The summed E-state index contributed by atoms with van der Waals surface area (Å²) in [6.45, 7) is 1.73. The Morgan fingerprint density at radius 1 is 1.23 bits per heavy atom. The van der Waals surface area contributed by atoms with Crippen LogP contribution in [-0.2, 0) is 9.59 Å². The van der Waals surface area contributed by atoms with Crippen LogP contribution in [0.15, 0.2) is 36.5 Å². The van der Waals surface area contributed by atoms with E-state index in [4.69, 9.17) is 5.11 Å². The molecule has 1 fully saturated rings. The standard InChI is InChI=1S/C22H34O4/c1-2-3-6-11-19(24)13-9-10-18-15-16-22(26)21(18)14-8-5-4-7-12-20(25)17-23/h5-6,8-11,18-19,21,23-24H,2-4,7,12-17H2,1H3/t18-,19?,21+/m0/s1. The van der Waals surface area contributed by atoms with Gasteiger partial charge in [0.05, 0.1) is 6.10 Å². The van der Waals surface area contributed by atoms with E-state index in [-0.39, 0.29) is 24.2 Å². The SMILES string of the molecule is CCCC=CC(O)CC=C[C@H]1CCC(=O)[C@@H]1CC=CCCCC(=O)CO. The average molecular weight is 363 g/mol. The van der Waals surface area contributed by atoms with Crippen LogP contribution in [0, 0.1) is 11.8 Å². The van der Waals surface area contributed by atoms with Crippen LogP contribution in [0.1, 0.15) is 64.7 Å². The van der Waals surface area contributed by atoms with Crippen LogP contribution in [-0.4, -0.2) is 34.5 Å². The maximum absolute atomic E-state index is 12.1. The summed E-state index contributed by atoms with van der Waals surface area (Å²) in [5.74, 6) is 0.494. The lowest BCUT2D eigenvalue weighted by Crippen LogP contribution is -2.12. The molecule has 2 N–H and O–H groups in total. The summed E-state index contributed by atoms with van der Waals surface area (Å²) in [4.78, 5) is 23.1. The fourth-order valence-corrected chi connectivity index (χ4v) is 3.22. The van der Waals surface area contributed by atoms with Gasteiger partial charge in [-0.1, -0.05) is 49.8 Å². The Bertz CT molecular complexity index is 504. The lowest BCUT2D eigenvalue weighted by atomic mass is 9.91. The summed E-state index contributed by atoms with van der Waals surface area (Å²) < 4.78 is 0. The van der Waals surface area contributed by atoms with E-state index in [0.717, 1.165) is 38.5 Å². The number of aliphatic hydroxyl groups is 2. The molecule has 0 bridgehead atoms. The topological polar surface area (TPSA) is 74.6 Å². The summed E-state index contributed by atoms with van der Waals surface area (Å²) >= 11 is 0. The van der Waals surface area contributed by atoms with Crippen molar-refractivity contribution in [3.63, 3.8) is 0 Å². The second-order valence-electron chi connectivity index (χ2n) is 7.02. The molecule has 0 heterocycles. The molecule has 4 heteroatoms. The number of aliphatic hydroxyl groups excluding tert-OH is 2. The minimum atomic E-state index is -0.449. The Labute approximate surface area is 157 Å². The minimum absolute atomic E-state index is 0.0364. The maximum atomic E-state index is 12.1. The summed E-state index contributed by atoms with van der Waals surface area (Å²) in [5, 5.41) is 18.6. The molecule has 1 aliphatic rings. The first kappa shape index (κ1) is 22.5. The molecule has 0 aromatic heterocycles. The number of allylic oxidation sites excluding steroid dienone is 4. The number of unbranched alkanes of at least 4 members (excludes halogenated alkanes) is 2. The van der Waals surface area contributed by atoms with Gasteiger partial charge in [0.1, 0.15) is 12.4 Å². The van der Waals surface area contributed by atoms with E-state index in [0.29, 0.717) is 25.0 Å². The van der Waals surface area contributed by atoms with E-state index in [1.807, 2.05) is 30.4 Å². The molecule has 1 saturated carbocycles. The van der Waals surface area contributed by atoms with Crippen molar-refractivity contribution >= 4 is 11.6 Å². The lowest BCUT2D eigenvalue weighted by Gasteiger charge is -2.13. The van der Waals surface area contributed by atoms with Crippen molar-refractivity contribution < 1.29 is 19.8 Å². The number of carbonyl (C=O) groups is 2. The highest BCUT2D eigenvalue weighted by atomic mass is 16.3. The Morgan fingerprint density at radius 2 is 2.04 bits per heavy atom. The van der Waals surface area contributed by atoms with Crippen molar-refractivity contribution in [1.82, 2.24) is 0 Å². The molecule has 0 aromatic carbocycles. The molecule has 0 aliphatic heterocycles. The number of hydrogen-bond acceptors (Lipinski definition) is 4. The summed E-state index contributed by atoms with van der Waals surface area (Å²) in [6, 6.07) is 0. The molecule has 0 amide bonds. The highest BCUT2D eigenvalue weighted by molar-refractivity contribution is 5.83. The fourth-order valence-electron chi connectivity index (χ4n) is 3.22. The third kappa shape index (κ3) is 9.25. The smallest absolute Gasteiger partial charge is 0.158 e. The Balaban J connectivity index is 2.35. The van der Waals surface area contributed by atoms with Gasteiger partial charge in [0.15, 0.2) is 5.78 Å². The Kier molecular flexibility index (Phi) is 11.8. The quantitative estimate of drug-likeness (QED) is 0.385. The van der Waals surface area contributed by atoms with Crippen molar-refractivity contribution in [2.24, 2.45) is 11.8 Å². The summed E-state index contributed by atoms with van der Waals surface area (Å²) in [6.07, 6.45) is 18.4. The van der Waals surface area contributed by atoms with Crippen LogP contribution >= 0.6 is 0 Å². The minimum Gasteiger partial charge on any atom is -0.389 e. The molecule has 3 atom stereocenters. The van der Waals surface area contributed by atoms with Crippen LogP contribution in [0.5, 0.6) is 0 Å². The van der Waals surface area contributed by atoms with Gasteiger partial charge in [-0.05, 0) is 44.4 Å². The molecule has 1 aliphatic carbocycles. The molecular formula is C22H34O4. The van der Waals surface area contributed by atoms with Gasteiger partial charge in [0.2, 0.25) is 0 Å². The average Bonchev–Trinajstić information content (AvgIpc) is 2.98. The first-order valence-corrected chi connectivity index (χ1v) is 9.90. The van der Waals surface area contributed by atoms with Crippen molar-refractivity contribution in [1.29, 1.82) is 0 Å². The zero-order chi connectivity index (χ0) is 19.2. The van der Waals surface area contributed by atoms with Gasteiger partial charge in [0.25, 0.3) is 0 Å². The van der Waals surface area contributed by atoms with E-state index in [1.165, 1.54) is 0 Å². The van der Waals surface area contributed by atoms with Gasteiger partial charge >= 0.3 is 0 Å². The van der Waals surface area contributed by atoms with E-state index in [2.05, 4.69) is 13.0 Å². The molecule has 0 spiro atoms. The monoisotopic (exact) mass is 362 g/mol. The number of hydrogen-bond donors (Lipinski definition) is 2. The Hall–Kier alpha value is -1.52. The lowest BCUT2D eigenvalue weighted by molar-refractivity contribution is -0.122. The van der Waals surface area contributed by atoms with E-state index in [9.17, 15) is 14.7 Å². The van der Waals surface area contributed by atoms with Gasteiger partial charge in [-0.15, -0.1) is 0 Å². The fraction of sp³-hybridized carbons (Fsp3) is 0.636. The molecule has 26 heavy (non-hydrogen) atoms. The maximum Gasteiger partial charge on any atom is 0.158 e. The van der Waals surface area contributed by atoms with Crippen LogP contribution < -0.4 is 0 Å². The highest BCUT2D eigenvalue weighted by Gasteiger charge is 2.31. The normalized spacial score (nSPS) is 22.2. The largest absolute Gasteiger partial charge is 0.389 e. The Morgan fingerprint density at radius 3 is 2.77 bits per heavy atom. The number of ketones is 2. The molecule has 146 valence electrons. The predicted octanol–water partition coefficient (Wildman–Crippen LogP) is 3.92. The van der Waals surface area contributed by atoms with Crippen LogP contribution in [0.2, 0.25) is 0 Å². The highest BCUT2D eigenvalue weighted by Crippen LogP contribution is 2.32. The van der Waals surface area contributed by atoms with Crippen molar-refractivity contribution in [3.8, 4) is 0 Å². The first-order valence-electron chi connectivity index (χ1n) is 9.90. The van der Waals surface area contributed by atoms with E-state index in [1.54, 1.807) is 0 Å². The van der Waals surface area contributed by atoms with Gasteiger partial charge < -0.3 is 10.2 Å². The molecular weight excluding hydrogens is 328 g/mol. The molecule has 0 saturated heterocycles. The number of carbonyl (C=O) groups excluding carboxylic acids is 2. The summed E-state index contributed by atoms with van der Waals surface area (Å²) in [5.41, 5.74) is 0. The second-order valence-corrected chi connectivity index (χ2v) is 7.02. The van der Waals surface area contributed by atoms with Crippen LogP contribution in [0.25, 0.3) is 0 Å². The van der Waals surface area contributed by atoms with Crippen LogP contribution in [0.4, 0.5) is 0 Å². The van der Waals surface area contributed by atoms with Gasteiger partial charge in [-0.25, -0.2) is 0 Å². The molecule has 1 rings (SSSR count). The van der Waals surface area contributed by atoms with Crippen molar-refractivity contribution in [2.45, 2.75) is 70.8 Å². The number of rotatable bonds is 13. The number of Topliss-reactive ketones (excluding diaryl/α,β-unsaturated/α-hetero) is 2. The predicted molar refractivity (Wildman–Crippen MR) is 105 cm³/mol. The second kappa shape index (κ2) is 13.7. The first-order chi connectivity index (χ1) is 12.6. The van der Waals surface area contributed by atoms with E-state index >= 15 is 0 Å². The summed E-state index contributed by atoms with van der Waals surface area (Å²) in [7, 11) is 0. The third-order valence-corrected chi connectivity index (χ3v) is 4.79. The third-order valence-electron chi connectivity index (χ3n) is 4.79. The molecule has 0 radical (unpaired) electrons. The van der Waals surface area contributed by atoms with Gasteiger partial charge in [-0.3, -0.25) is 9.59 Å². The molecule has 0 aromatic rings. The molecule has 1 unspecified atom stereocenters. The van der Waals surface area contributed by atoms with Crippen molar-refractivity contribution in [3.05, 3.63) is 36.5 Å². The zero-order valence-electron chi connectivity index (χ0n) is 16.0.